The summed E-state index contributed by atoms with van der Waals surface area (Å²) < 4.78 is 4.89. The van der Waals surface area contributed by atoms with Crippen molar-refractivity contribution in [3.8, 4) is 0 Å². The molecule has 120 valence electrons. The van der Waals surface area contributed by atoms with Gasteiger partial charge in [0.15, 0.2) is 6.61 Å². The van der Waals surface area contributed by atoms with Crippen molar-refractivity contribution in [3.63, 3.8) is 0 Å². The van der Waals surface area contributed by atoms with Crippen LogP contribution in [0.1, 0.15) is 20.1 Å². The summed E-state index contributed by atoms with van der Waals surface area (Å²) in [4.78, 5) is 35.3. The highest BCUT2D eigenvalue weighted by Gasteiger charge is 2.17. The molecule has 0 saturated carbocycles. The Labute approximate surface area is 136 Å². The maximum absolute atomic E-state index is 11.8. The summed E-state index contributed by atoms with van der Waals surface area (Å²) >= 11 is 1.26. The number of thiophene rings is 1. The van der Waals surface area contributed by atoms with Gasteiger partial charge in [0.25, 0.3) is 11.6 Å². The van der Waals surface area contributed by atoms with Crippen molar-refractivity contribution in [2.75, 3.05) is 11.9 Å². The van der Waals surface area contributed by atoms with Crippen molar-refractivity contribution >= 4 is 34.6 Å². The smallest absolute Gasteiger partial charge is 0.348 e. The Morgan fingerprint density at radius 1 is 1.26 bits per heavy atom. The van der Waals surface area contributed by atoms with Crippen LogP contribution in [0.3, 0.4) is 0 Å². The van der Waals surface area contributed by atoms with Crippen LogP contribution < -0.4 is 5.32 Å². The first-order chi connectivity index (χ1) is 10.9. The van der Waals surface area contributed by atoms with Crippen LogP contribution in [-0.4, -0.2) is 23.4 Å². The molecule has 2 rings (SSSR count). The van der Waals surface area contributed by atoms with Crippen molar-refractivity contribution in [3.05, 3.63) is 55.8 Å². The molecule has 0 radical (unpaired) electrons. The van der Waals surface area contributed by atoms with Crippen LogP contribution in [-0.2, 0) is 9.53 Å². The van der Waals surface area contributed by atoms with Crippen LogP contribution in [0.25, 0.3) is 0 Å². The number of nitrogens with zero attached hydrogens (tertiary/aromatic N) is 1. The van der Waals surface area contributed by atoms with Gasteiger partial charge in [-0.2, -0.15) is 0 Å². The Hall–Kier alpha value is -2.74. The van der Waals surface area contributed by atoms with Crippen LogP contribution in [0, 0.1) is 24.0 Å². The van der Waals surface area contributed by atoms with Gasteiger partial charge in [-0.3, -0.25) is 14.9 Å². The van der Waals surface area contributed by atoms with Gasteiger partial charge < -0.3 is 10.1 Å². The van der Waals surface area contributed by atoms with Crippen LogP contribution in [0.4, 0.5) is 11.4 Å². The van der Waals surface area contributed by atoms with E-state index in [1.165, 1.54) is 23.5 Å². The Morgan fingerprint density at radius 2 is 2.00 bits per heavy atom. The van der Waals surface area contributed by atoms with Crippen LogP contribution in [0.2, 0.25) is 0 Å². The number of aryl methyl sites for hydroxylation is 2. The molecule has 1 amide bonds. The molecule has 1 N–H and O–H groups in total. The zero-order valence-corrected chi connectivity index (χ0v) is 13.3. The molecule has 8 heteroatoms. The van der Waals surface area contributed by atoms with Gasteiger partial charge >= 0.3 is 5.97 Å². The number of nitrogens with one attached hydrogen (secondary N) is 1. The Morgan fingerprint density at radius 3 is 2.61 bits per heavy atom. The number of esters is 1. The van der Waals surface area contributed by atoms with E-state index in [-0.39, 0.29) is 11.4 Å². The minimum Gasteiger partial charge on any atom is -0.451 e. The lowest BCUT2D eigenvalue weighted by Crippen LogP contribution is -2.21. The summed E-state index contributed by atoms with van der Waals surface area (Å²) in [5, 5.41) is 13.4. The predicted octanol–water partition coefficient (Wildman–Crippen LogP) is 3.07. The summed E-state index contributed by atoms with van der Waals surface area (Å²) in [6.45, 7) is 3.05. The average molecular weight is 334 g/mol. The minimum atomic E-state index is -0.640. The van der Waals surface area contributed by atoms with Gasteiger partial charge in [0, 0.05) is 10.9 Å². The number of amides is 1. The van der Waals surface area contributed by atoms with E-state index in [1.54, 1.807) is 25.1 Å². The fourth-order valence-corrected chi connectivity index (χ4v) is 2.59. The van der Waals surface area contributed by atoms with E-state index < -0.39 is 23.4 Å². The van der Waals surface area contributed by atoms with E-state index in [4.69, 9.17) is 4.74 Å². The van der Waals surface area contributed by atoms with Gasteiger partial charge in [-0.1, -0.05) is 6.07 Å². The Bertz CT molecular complexity index is 769. The molecule has 0 fully saturated rings. The standard InChI is InChI=1S/C15H14N2O5S/c1-9-3-5-11(12(7-9)17(20)21)16-14(18)8-22-15(19)13-6-4-10(2)23-13/h3-7H,8H2,1-2H3,(H,16,18). The van der Waals surface area contributed by atoms with Crippen molar-refractivity contribution in [2.45, 2.75) is 13.8 Å². The van der Waals surface area contributed by atoms with Crippen LogP contribution in [0.15, 0.2) is 30.3 Å². The molecule has 1 aromatic heterocycles. The second-order valence-electron chi connectivity index (χ2n) is 4.81. The molecule has 0 saturated heterocycles. The number of nitro groups is 1. The lowest BCUT2D eigenvalue weighted by Gasteiger charge is -2.07. The number of ether oxygens (including phenoxy) is 1. The monoisotopic (exact) mass is 334 g/mol. The van der Waals surface area contributed by atoms with Crippen LogP contribution in [0.5, 0.6) is 0 Å². The zero-order chi connectivity index (χ0) is 17.0. The molecule has 0 atom stereocenters. The van der Waals surface area contributed by atoms with Gasteiger partial charge in [-0.05, 0) is 37.6 Å². The maximum Gasteiger partial charge on any atom is 0.348 e. The molecule has 1 heterocycles. The van der Waals surface area contributed by atoms with Gasteiger partial charge in [0.2, 0.25) is 0 Å². The number of rotatable bonds is 5. The lowest BCUT2D eigenvalue weighted by atomic mass is 10.2. The van der Waals surface area contributed by atoms with Crippen molar-refractivity contribution in [1.29, 1.82) is 0 Å². The van der Waals surface area contributed by atoms with Gasteiger partial charge in [-0.15, -0.1) is 11.3 Å². The van der Waals surface area contributed by atoms with E-state index >= 15 is 0 Å². The van der Waals surface area contributed by atoms with E-state index in [1.807, 2.05) is 6.92 Å². The molecular formula is C15H14N2O5S. The maximum atomic E-state index is 11.8. The lowest BCUT2D eigenvalue weighted by molar-refractivity contribution is -0.384. The Balaban J connectivity index is 1.97. The summed E-state index contributed by atoms with van der Waals surface area (Å²) in [5.74, 6) is -1.24. The number of benzene rings is 1. The second-order valence-corrected chi connectivity index (χ2v) is 6.10. The van der Waals surface area contributed by atoms with Gasteiger partial charge in [0.05, 0.1) is 4.92 Å². The summed E-state index contributed by atoms with van der Waals surface area (Å²) in [6, 6.07) is 7.83. The topological polar surface area (TPSA) is 98.5 Å². The molecule has 7 nitrogen and oxygen atoms in total. The fraction of sp³-hybridized carbons (Fsp3) is 0.200. The number of anilines is 1. The molecule has 1 aromatic carbocycles. The number of hydrogen-bond donors (Lipinski definition) is 1. The fourth-order valence-electron chi connectivity index (χ4n) is 1.83. The van der Waals surface area contributed by atoms with E-state index in [0.717, 1.165) is 4.88 Å². The normalized spacial score (nSPS) is 10.2. The molecule has 0 aliphatic carbocycles. The number of carbonyl (C=O) groups is 2. The number of hydrogen-bond acceptors (Lipinski definition) is 6. The summed E-state index contributed by atoms with van der Waals surface area (Å²) in [5.41, 5.74) is 0.557. The third kappa shape index (κ3) is 4.36. The predicted molar refractivity (Wildman–Crippen MR) is 85.8 cm³/mol. The first-order valence-electron chi connectivity index (χ1n) is 6.65. The highest BCUT2D eigenvalue weighted by Crippen LogP contribution is 2.25. The number of nitro benzene ring substituents is 1. The zero-order valence-electron chi connectivity index (χ0n) is 12.5. The Kier molecular flexibility index (Phi) is 5.07. The summed E-state index contributed by atoms with van der Waals surface area (Å²) in [6.07, 6.45) is 0. The van der Waals surface area contributed by atoms with Gasteiger partial charge in [-0.25, -0.2) is 4.79 Å². The highest BCUT2D eigenvalue weighted by atomic mass is 32.1. The largest absolute Gasteiger partial charge is 0.451 e. The molecule has 2 aromatic rings. The average Bonchev–Trinajstić information content (AvgIpc) is 2.93. The van der Waals surface area contributed by atoms with E-state index in [2.05, 4.69) is 5.32 Å². The first-order valence-corrected chi connectivity index (χ1v) is 7.47. The van der Waals surface area contributed by atoms with E-state index in [0.29, 0.717) is 10.4 Å². The van der Waals surface area contributed by atoms with Crippen molar-refractivity contribution < 1.29 is 19.2 Å². The molecule has 0 bridgehead atoms. The third-order valence-electron chi connectivity index (χ3n) is 2.90. The third-order valence-corrected chi connectivity index (χ3v) is 3.88. The van der Waals surface area contributed by atoms with Crippen molar-refractivity contribution in [1.82, 2.24) is 0 Å². The minimum absolute atomic E-state index is 0.0635. The summed E-state index contributed by atoms with van der Waals surface area (Å²) in [7, 11) is 0. The first kappa shape index (κ1) is 16.6. The number of carbonyl (C=O) groups excluding carboxylic acids is 2. The van der Waals surface area contributed by atoms with E-state index in [9.17, 15) is 19.7 Å². The van der Waals surface area contributed by atoms with Crippen molar-refractivity contribution in [2.24, 2.45) is 0 Å². The molecule has 23 heavy (non-hydrogen) atoms. The highest BCUT2D eigenvalue weighted by molar-refractivity contribution is 7.13. The van der Waals surface area contributed by atoms with Gasteiger partial charge in [0.1, 0.15) is 10.6 Å². The molecular weight excluding hydrogens is 320 g/mol. The molecule has 0 unspecified atom stereocenters. The quantitative estimate of drug-likeness (QED) is 0.515. The SMILES string of the molecule is Cc1ccc(NC(=O)COC(=O)c2ccc(C)s2)c([N+](=O)[O-])c1. The molecule has 0 aliphatic rings. The second kappa shape index (κ2) is 7.01. The molecule has 0 spiro atoms. The van der Waals surface area contributed by atoms with Crippen LogP contribution >= 0.6 is 11.3 Å². The molecule has 0 aliphatic heterocycles.